The minimum Gasteiger partial charge on any atom is -0.508 e. The first-order valence-electron chi connectivity index (χ1n) is 6.70. The fourth-order valence-corrected chi connectivity index (χ4v) is 2.27. The normalized spacial score (nSPS) is 25.3. The van der Waals surface area contributed by atoms with Crippen molar-refractivity contribution in [1.82, 2.24) is 0 Å². The van der Waals surface area contributed by atoms with Crippen LogP contribution in [0.2, 0.25) is 0 Å². The highest BCUT2D eigenvalue weighted by atomic mass is 16.5. The van der Waals surface area contributed by atoms with Crippen molar-refractivity contribution in [2.75, 3.05) is 7.11 Å². The number of methoxy groups -OCH3 is 1. The van der Waals surface area contributed by atoms with E-state index >= 15 is 0 Å². The molecule has 1 atom stereocenters. The van der Waals surface area contributed by atoms with Crippen molar-refractivity contribution in [2.24, 2.45) is 5.92 Å². The van der Waals surface area contributed by atoms with Gasteiger partial charge in [-0.2, -0.15) is 0 Å². The minimum atomic E-state index is -0.178. The maximum atomic E-state index is 11.1. The molecule has 5 nitrogen and oxygen atoms in total. The number of rotatable bonds is 3. The Morgan fingerprint density at radius 2 is 2.10 bits per heavy atom. The van der Waals surface area contributed by atoms with Crippen LogP contribution in [0.1, 0.15) is 19.3 Å². The predicted octanol–water partition coefficient (Wildman–Crippen LogP) is 3.15. The molecule has 0 saturated heterocycles. The maximum Gasteiger partial charge on any atom is 0.159 e. The van der Waals surface area contributed by atoms with Gasteiger partial charge in [0.15, 0.2) is 17.3 Å². The highest BCUT2D eigenvalue weighted by Crippen LogP contribution is 2.26. The van der Waals surface area contributed by atoms with E-state index in [9.17, 15) is 20.1 Å². The maximum absolute atomic E-state index is 11.1. The van der Waals surface area contributed by atoms with Crippen LogP contribution in [0.5, 0.6) is 0 Å². The standard InChI is InChI=1S/C16H18O5/c1-21-16-8-10(3-7-14(16)19)2-6-13(18)12-5-4-11(17)9-15(12)20/h2,6-10,18-20H,3-5H2,1H3/b6-2+,13-12?. The summed E-state index contributed by atoms with van der Waals surface area (Å²) in [6, 6.07) is 0. The van der Waals surface area contributed by atoms with E-state index in [1.165, 1.54) is 13.2 Å². The van der Waals surface area contributed by atoms with E-state index in [1.54, 1.807) is 18.2 Å². The highest BCUT2D eigenvalue weighted by Gasteiger charge is 2.18. The number of allylic oxidation sites excluding steroid dienone is 6. The highest BCUT2D eigenvalue weighted by molar-refractivity contribution is 5.92. The van der Waals surface area contributed by atoms with Crippen LogP contribution < -0.4 is 0 Å². The van der Waals surface area contributed by atoms with Gasteiger partial charge in [-0.25, -0.2) is 0 Å². The fourth-order valence-electron chi connectivity index (χ4n) is 2.27. The van der Waals surface area contributed by atoms with Crippen LogP contribution >= 0.6 is 0 Å². The van der Waals surface area contributed by atoms with Gasteiger partial charge in [-0.3, -0.25) is 4.79 Å². The summed E-state index contributed by atoms with van der Waals surface area (Å²) in [7, 11) is 1.48. The predicted molar refractivity (Wildman–Crippen MR) is 77.7 cm³/mol. The lowest BCUT2D eigenvalue weighted by atomic mass is 9.95. The van der Waals surface area contributed by atoms with Gasteiger partial charge >= 0.3 is 0 Å². The molecule has 0 bridgehead atoms. The molecule has 0 aromatic rings. The third kappa shape index (κ3) is 3.56. The van der Waals surface area contributed by atoms with E-state index in [0.29, 0.717) is 24.2 Å². The summed E-state index contributed by atoms with van der Waals surface area (Å²) in [6.07, 6.45) is 8.99. The molecule has 2 aliphatic rings. The van der Waals surface area contributed by atoms with E-state index in [0.717, 1.165) is 6.08 Å². The van der Waals surface area contributed by atoms with Crippen molar-refractivity contribution < 1.29 is 24.9 Å². The first kappa shape index (κ1) is 15.0. The second-order valence-corrected chi connectivity index (χ2v) is 4.94. The molecule has 2 aliphatic carbocycles. The van der Waals surface area contributed by atoms with Gasteiger partial charge in [-0.05, 0) is 31.1 Å². The Morgan fingerprint density at radius 3 is 2.76 bits per heavy atom. The molecule has 21 heavy (non-hydrogen) atoms. The van der Waals surface area contributed by atoms with Crippen LogP contribution in [0.4, 0.5) is 0 Å². The SMILES string of the molecule is COC1=CC(/C=C/C(O)=C2CCC(=O)C=C2O)CC=C1O. The second-order valence-electron chi connectivity index (χ2n) is 4.94. The van der Waals surface area contributed by atoms with Gasteiger partial charge in [0.1, 0.15) is 11.5 Å². The number of hydrogen-bond acceptors (Lipinski definition) is 5. The van der Waals surface area contributed by atoms with Crippen LogP contribution in [-0.2, 0) is 9.53 Å². The number of hydrogen-bond donors (Lipinski definition) is 3. The number of aliphatic hydroxyl groups excluding tert-OH is 3. The molecule has 0 aliphatic heterocycles. The summed E-state index contributed by atoms with van der Waals surface area (Å²) in [6.45, 7) is 0. The monoisotopic (exact) mass is 290 g/mol. The number of aliphatic hydroxyl groups is 3. The Kier molecular flexibility index (Phi) is 4.52. The lowest BCUT2D eigenvalue weighted by Crippen LogP contribution is -2.07. The Bertz CT molecular complexity index is 590. The molecule has 0 amide bonds. The van der Waals surface area contributed by atoms with Gasteiger partial charge in [0, 0.05) is 24.0 Å². The zero-order valence-electron chi connectivity index (χ0n) is 11.7. The summed E-state index contributed by atoms with van der Waals surface area (Å²) in [4.78, 5) is 11.1. The minimum absolute atomic E-state index is 0.0186. The van der Waals surface area contributed by atoms with Gasteiger partial charge in [-0.15, -0.1) is 0 Å². The van der Waals surface area contributed by atoms with Crippen molar-refractivity contribution >= 4 is 5.78 Å². The lowest BCUT2D eigenvalue weighted by molar-refractivity contribution is -0.115. The Balaban J connectivity index is 2.13. The van der Waals surface area contributed by atoms with Crippen molar-refractivity contribution in [3.8, 4) is 0 Å². The molecule has 0 saturated carbocycles. The third-order valence-corrected chi connectivity index (χ3v) is 3.46. The molecular formula is C16H18O5. The van der Waals surface area contributed by atoms with E-state index in [4.69, 9.17) is 4.74 Å². The van der Waals surface area contributed by atoms with Crippen molar-refractivity contribution in [3.63, 3.8) is 0 Å². The molecule has 0 aromatic heterocycles. The summed E-state index contributed by atoms with van der Waals surface area (Å²) >= 11 is 0. The van der Waals surface area contributed by atoms with Gasteiger partial charge in [0.05, 0.1) is 7.11 Å². The quantitative estimate of drug-likeness (QED) is 0.695. The van der Waals surface area contributed by atoms with Crippen LogP contribution in [0, 0.1) is 5.92 Å². The zero-order valence-corrected chi connectivity index (χ0v) is 11.7. The van der Waals surface area contributed by atoms with Crippen LogP contribution in [0.3, 0.4) is 0 Å². The summed E-state index contributed by atoms with van der Waals surface area (Å²) in [5.41, 5.74) is 0.371. The van der Waals surface area contributed by atoms with Crippen LogP contribution in [-0.4, -0.2) is 28.2 Å². The average Bonchev–Trinajstić information content (AvgIpc) is 2.46. The van der Waals surface area contributed by atoms with E-state index in [2.05, 4.69) is 0 Å². The molecule has 5 heteroatoms. The zero-order chi connectivity index (χ0) is 15.4. The summed E-state index contributed by atoms with van der Waals surface area (Å²) in [5.74, 6) is 0.110. The number of carbonyl (C=O) groups is 1. The first-order valence-corrected chi connectivity index (χ1v) is 6.70. The van der Waals surface area contributed by atoms with Crippen molar-refractivity contribution in [2.45, 2.75) is 19.3 Å². The van der Waals surface area contributed by atoms with E-state index in [-0.39, 0.29) is 35.4 Å². The van der Waals surface area contributed by atoms with E-state index < -0.39 is 0 Å². The van der Waals surface area contributed by atoms with Gasteiger partial charge in [0.25, 0.3) is 0 Å². The molecule has 0 radical (unpaired) electrons. The van der Waals surface area contributed by atoms with Crippen molar-refractivity contribution in [3.05, 3.63) is 59.0 Å². The molecule has 112 valence electrons. The Morgan fingerprint density at radius 1 is 1.33 bits per heavy atom. The van der Waals surface area contributed by atoms with Gasteiger partial charge in [-0.1, -0.05) is 6.08 Å². The summed E-state index contributed by atoms with van der Waals surface area (Å²) in [5, 5.41) is 29.2. The Labute approximate surface area is 122 Å². The first-order chi connectivity index (χ1) is 10.0. The molecule has 3 N–H and O–H groups in total. The number of ether oxygens (including phenoxy) is 1. The lowest BCUT2D eigenvalue weighted by Gasteiger charge is -2.15. The molecular weight excluding hydrogens is 272 g/mol. The number of ketones is 1. The molecule has 0 fully saturated rings. The second kappa shape index (κ2) is 6.35. The van der Waals surface area contributed by atoms with Gasteiger partial charge < -0.3 is 20.1 Å². The molecule has 1 unspecified atom stereocenters. The fraction of sp³-hybridized carbons (Fsp3) is 0.312. The average molecular weight is 290 g/mol. The molecule has 0 spiro atoms. The largest absolute Gasteiger partial charge is 0.508 e. The molecule has 2 rings (SSSR count). The van der Waals surface area contributed by atoms with Crippen LogP contribution in [0.15, 0.2) is 59.0 Å². The van der Waals surface area contributed by atoms with E-state index in [1.807, 2.05) is 0 Å². The third-order valence-electron chi connectivity index (χ3n) is 3.46. The van der Waals surface area contributed by atoms with Gasteiger partial charge in [0.2, 0.25) is 0 Å². The Hall–Kier alpha value is -2.43. The summed E-state index contributed by atoms with van der Waals surface area (Å²) < 4.78 is 5.03. The topological polar surface area (TPSA) is 87.0 Å². The molecule has 0 heterocycles. The number of carbonyl (C=O) groups excluding carboxylic acids is 1. The molecule has 0 aromatic carbocycles. The van der Waals surface area contributed by atoms with Crippen molar-refractivity contribution in [1.29, 1.82) is 0 Å². The smallest absolute Gasteiger partial charge is 0.159 e. The van der Waals surface area contributed by atoms with Crippen LogP contribution in [0.25, 0.3) is 0 Å².